The molecule has 3 rings (SSSR count). The average Bonchev–Trinajstić information content (AvgIpc) is 3.17. The molecule has 0 bridgehead atoms. The molecule has 2 aromatic rings. The number of anilines is 1. The number of hydrazine groups is 1. The number of H-pyrrole nitrogens is 1. The minimum Gasteiger partial charge on any atom is -0.379 e. The molecular formula is C16H17F3N4O4S. The monoisotopic (exact) mass is 418 g/mol. The number of ether oxygens (including phenoxy) is 1. The fourth-order valence-corrected chi connectivity index (χ4v) is 3.96. The normalized spacial score (nSPS) is 16.0. The zero-order valence-electron chi connectivity index (χ0n) is 14.4. The van der Waals surface area contributed by atoms with E-state index in [1.807, 2.05) is 0 Å². The van der Waals surface area contributed by atoms with Crippen LogP contribution in [0.4, 0.5) is 18.9 Å². The highest BCUT2D eigenvalue weighted by Crippen LogP contribution is 2.30. The molecule has 0 saturated carbocycles. The molecule has 0 aliphatic carbocycles. The van der Waals surface area contributed by atoms with Crippen molar-refractivity contribution in [2.75, 3.05) is 31.7 Å². The van der Waals surface area contributed by atoms with Crippen LogP contribution in [-0.4, -0.2) is 49.9 Å². The smallest absolute Gasteiger partial charge is 0.379 e. The zero-order chi connectivity index (χ0) is 20.4. The maximum absolute atomic E-state index is 12.7. The first kappa shape index (κ1) is 20.2. The summed E-state index contributed by atoms with van der Waals surface area (Å²) >= 11 is 0. The van der Waals surface area contributed by atoms with Crippen molar-refractivity contribution in [2.24, 2.45) is 0 Å². The zero-order valence-corrected chi connectivity index (χ0v) is 15.2. The van der Waals surface area contributed by atoms with Crippen LogP contribution in [0.2, 0.25) is 0 Å². The molecule has 0 radical (unpaired) electrons. The maximum atomic E-state index is 12.7. The van der Waals surface area contributed by atoms with Gasteiger partial charge in [-0.15, -0.1) is 0 Å². The second-order valence-corrected chi connectivity index (χ2v) is 7.86. The van der Waals surface area contributed by atoms with Gasteiger partial charge in [-0.05, 0) is 24.3 Å². The lowest BCUT2D eigenvalue weighted by Gasteiger charge is -2.25. The summed E-state index contributed by atoms with van der Waals surface area (Å²) in [6, 6.07) is 5.44. The highest BCUT2D eigenvalue weighted by molar-refractivity contribution is 7.89. The van der Waals surface area contributed by atoms with Crippen molar-refractivity contribution < 1.29 is 31.1 Å². The highest BCUT2D eigenvalue weighted by atomic mass is 32.2. The van der Waals surface area contributed by atoms with Gasteiger partial charge in [0.25, 0.3) is 5.91 Å². The number of aromatic nitrogens is 1. The molecule has 1 aliphatic heterocycles. The molecule has 152 valence electrons. The predicted octanol–water partition coefficient (Wildman–Crippen LogP) is 1.81. The first-order valence-electron chi connectivity index (χ1n) is 8.18. The number of alkyl halides is 3. The van der Waals surface area contributed by atoms with Crippen LogP contribution in [0.15, 0.2) is 41.4 Å². The van der Waals surface area contributed by atoms with E-state index in [4.69, 9.17) is 4.74 Å². The second kappa shape index (κ2) is 7.81. The summed E-state index contributed by atoms with van der Waals surface area (Å²) in [6.07, 6.45) is -3.33. The second-order valence-electron chi connectivity index (χ2n) is 5.92. The number of morpholine rings is 1. The van der Waals surface area contributed by atoms with E-state index in [0.29, 0.717) is 0 Å². The topological polar surface area (TPSA) is 104 Å². The van der Waals surface area contributed by atoms with Crippen molar-refractivity contribution in [1.82, 2.24) is 14.7 Å². The van der Waals surface area contributed by atoms with Crippen molar-refractivity contribution >= 4 is 21.6 Å². The Morgan fingerprint density at radius 2 is 1.89 bits per heavy atom. The minimum atomic E-state index is -4.51. The van der Waals surface area contributed by atoms with Crippen LogP contribution >= 0.6 is 0 Å². The third-order valence-electron chi connectivity index (χ3n) is 4.02. The fourth-order valence-electron chi connectivity index (χ4n) is 2.56. The largest absolute Gasteiger partial charge is 0.416 e. The van der Waals surface area contributed by atoms with Gasteiger partial charge in [0.2, 0.25) is 10.0 Å². The Kier molecular flexibility index (Phi) is 5.63. The number of rotatable bonds is 5. The molecule has 1 aromatic carbocycles. The van der Waals surface area contributed by atoms with E-state index < -0.39 is 27.7 Å². The van der Waals surface area contributed by atoms with Crippen molar-refractivity contribution in [3.63, 3.8) is 0 Å². The summed E-state index contributed by atoms with van der Waals surface area (Å²) in [5.74, 6) is -0.735. The summed E-state index contributed by atoms with van der Waals surface area (Å²) in [6.45, 7) is 1.01. The molecule has 12 heteroatoms. The van der Waals surface area contributed by atoms with E-state index in [-0.39, 0.29) is 42.6 Å². The standard InChI is InChI=1S/C16H17F3N4O4S/c17-16(18,19)11-2-1-3-12(8-11)21-22-15(24)14-9-13(10-20-14)28(25,26)23-4-6-27-7-5-23/h1-3,8-10,20-21H,4-7H2,(H,22,24). The number of aromatic amines is 1. The van der Waals surface area contributed by atoms with Crippen molar-refractivity contribution in [1.29, 1.82) is 0 Å². The highest BCUT2D eigenvalue weighted by Gasteiger charge is 2.30. The predicted molar refractivity (Wildman–Crippen MR) is 92.9 cm³/mol. The number of hydrogen-bond acceptors (Lipinski definition) is 5. The molecule has 1 saturated heterocycles. The van der Waals surface area contributed by atoms with E-state index in [1.54, 1.807) is 0 Å². The fraction of sp³-hybridized carbons (Fsp3) is 0.312. The van der Waals surface area contributed by atoms with Crippen LogP contribution in [0.5, 0.6) is 0 Å². The minimum absolute atomic E-state index is 0.0240. The van der Waals surface area contributed by atoms with Crippen LogP contribution in [-0.2, 0) is 20.9 Å². The summed E-state index contributed by atoms with van der Waals surface area (Å²) in [4.78, 5) is 14.6. The van der Waals surface area contributed by atoms with Crippen LogP contribution < -0.4 is 10.9 Å². The van der Waals surface area contributed by atoms with Crippen LogP contribution in [0.25, 0.3) is 0 Å². The van der Waals surface area contributed by atoms with E-state index in [9.17, 15) is 26.4 Å². The third kappa shape index (κ3) is 4.46. The molecule has 2 heterocycles. The first-order chi connectivity index (χ1) is 13.2. The summed E-state index contributed by atoms with van der Waals surface area (Å²) in [5.41, 5.74) is 3.68. The third-order valence-corrected chi connectivity index (χ3v) is 5.90. The molecule has 0 spiro atoms. The van der Waals surface area contributed by atoms with Crippen LogP contribution in [0.3, 0.4) is 0 Å². The van der Waals surface area contributed by atoms with Gasteiger partial charge in [-0.1, -0.05) is 6.07 Å². The molecule has 3 N–H and O–H groups in total. The summed E-state index contributed by atoms with van der Waals surface area (Å²) in [7, 11) is -3.77. The quantitative estimate of drug-likeness (QED) is 0.643. The molecule has 8 nitrogen and oxygen atoms in total. The lowest BCUT2D eigenvalue weighted by molar-refractivity contribution is -0.137. The lowest BCUT2D eigenvalue weighted by Crippen LogP contribution is -2.40. The van der Waals surface area contributed by atoms with Crippen LogP contribution in [0.1, 0.15) is 16.1 Å². The van der Waals surface area contributed by atoms with Gasteiger partial charge in [0.15, 0.2) is 0 Å². The van der Waals surface area contributed by atoms with Gasteiger partial charge in [0.1, 0.15) is 10.6 Å². The Labute approximate surface area is 158 Å². The molecular weight excluding hydrogens is 401 g/mol. The Bertz CT molecular complexity index is 953. The van der Waals surface area contributed by atoms with E-state index in [1.165, 1.54) is 22.6 Å². The maximum Gasteiger partial charge on any atom is 0.416 e. The number of sulfonamides is 1. The van der Waals surface area contributed by atoms with E-state index in [2.05, 4.69) is 15.8 Å². The van der Waals surface area contributed by atoms with Crippen molar-refractivity contribution in [2.45, 2.75) is 11.1 Å². The van der Waals surface area contributed by atoms with Gasteiger partial charge < -0.3 is 9.72 Å². The molecule has 0 unspecified atom stereocenters. The number of benzene rings is 1. The van der Waals surface area contributed by atoms with Gasteiger partial charge >= 0.3 is 6.18 Å². The molecule has 28 heavy (non-hydrogen) atoms. The number of halogens is 3. The van der Waals surface area contributed by atoms with Crippen molar-refractivity contribution in [3.8, 4) is 0 Å². The number of nitrogens with one attached hydrogen (secondary N) is 3. The van der Waals surface area contributed by atoms with Gasteiger partial charge in [0.05, 0.1) is 24.5 Å². The van der Waals surface area contributed by atoms with E-state index in [0.717, 1.165) is 18.2 Å². The Morgan fingerprint density at radius 1 is 1.18 bits per heavy atom. The van der Waals surface area contributed by atoms with Gasteiger partial charge in [-0.2, -0.15) is 17.5 Å². The average molecular weight is 418 g/mol. The van der Waals surface area contributed by atoms with E-state index >= 15 is 0 Å². The van der Waals surface area contributed by atoms with Gasteiger partial charge in [0, 0.05) is 19.3 Å². The number of amides is 1. The number of hydrogen-bond donors (Lipinski definition) is 3. The number of nitrogens with zero attached hydrogens (tertiary/aromatic N) is 1. The van der Waals surface area contributed by atoms with Gasteiger partial charge in [-0.25, -0.2) is 8.42 Å². The molecule has 1 fully saturated rings. The summed E-state index contributed by atoms with van der Waals surface area (Å²) in [5, 5.41) is 0. The Morgan fingerprint density at radius 3 is 2.57 bits per heavy atom. The van der Waals surface area contributed by atoms with Crippen LogP contribution in [0, 0.1) is 0 Å². The summed E-state index contributed by atoms with van der Waals surface area (Å²) < 4.78 is 69.6. The number of carbonyl (C=O) groups is 1. The SMILES string of the molecule is O=C(NNc1cccc(C(F)(F)F)c1)c1cc(S(=O)(=O)N2CCOCC2)c[nH]1. The van der Waals surface area contributed by atoms with Crippen molar-refractivity contribution in [3.05, 3.63) is 47.8 Å². The molecule has 1 aliphatic rings. The molecule has 1 amide bonds. The first-order valence-corrected chi connectivity index (χ1v) is 9.62. The lowest BCUT2D eigenvalue weighted by atomic mass is 10.2. The molecule has 1 aromatic heterocycles. The van der Waals surface area contributed by atoms with Gasteiger partial charge in [-0.3, -0.25) is 15.6 Å². The molecule has 0 atom stereocenters. The Hall–Kier alpha value is -2.57. The Balaban J connectivity index is 1.66. The number of carbonyl (C=O) groups excluding carboxylic acids is 1.